The summed E-state index contributed by atoms with van der Waals surface area (Å²) in [7, 11) is 0. The summed E-state index contributed by atoms with van der Waals surface area (Å²) >= 11 is 0. The zero-order chi connectivity index (χ0) is 32.5. The van der Waals surface area contributed by atoms with Crippen LogP contribution in [0.15, 0.2) is 23.3 Å². The standard InChI is InChI=1S/C36H32O8/c1-7-8-9-10-11-12-13-14-15-16-17-18-29(39)43-32-24(3)35(42)27(30-33(5,6)36(30,32)44-25(4)38)20-26(22-37)21-34(41)28(35)19-23(2)31(34)40/h19-20,24,27-28,30,32,37,41-42H,21-22H2,1-6H3/t24-,27+,28-,30-,32-,34-,35-,36-/m1/s1. The summed E-state index contributed by atoms with van der Waals surface area (Å²) in [4.78, 5) is 38.7. The van der Waals surface area contributed by atoms with Crippen LogP contribution < -0.4 is 0 Å². The predicted octanol–water partition coefficient (Wildman–Crippen LogP) is 1.09. The number of ketones is 1. The Morgan fingerprint density at radius 2 is 1.55 bits per heavy atom. The van der Waals surface area contributed by atoms with Crippen molar-refractivity contribution in [2.75, 3.05) is 6.61 Å². The second-order valence-electron chi connectivity index (χ2n) is 12.0. The molecule has 2 saturated carbocycles. The van der Waals surface area contributed by atoms with Crippen LogP contribution >= 0.6 is 0 Å². The van der Waals surface area contributed by atoms with Crippen molar-refractivity contribution >= 4 is 17.7 Å². The Morgan fingerprint density at radius 1 is 0.977 bits per heavy atom. The van der Waals surface area contributed by atoms with Crippen LogP contribution in [0.25, 0.3) is 0 Å². The van der Waals surface area contributed by atoms with Gasteiger partial charge < -0.3 is 24.8 Å². The van der Waals surface area contributed by atoms with Crippen LogP contribution in [0.3, 0.4) is 0 Å². The maximum Gasteiger partial charge on any atom is 0.385 e. The first kappa shape index (κ1) is 32.2. The third-order valence-electron chi connectivity index (χ3n) is 9.36. The minimum atomic E-state index is -2.01. The smallest absolute Gasteiger partial charge is 0.385 e. The topological polar surface area (TPSA) is 130 Å². The van der Waals surface area contributed by atoms with Gasteiger partial charge in [-0.25, -0.2) is 4.79 Å². The van der Waals surface area contributed by atoms with Gasteiger partial charge in [0.1, 0.15) is 11.7 Å². The van der Waals surface area contributed by atoms with Crippen molar-refractivity contribution in [2.45, 2.75) is 70.9 Å². The molecule has 0 aromatic rings. The highest BCUT2D eigenvalue weighted by molar-refractivity contribution is 6.04. The fourth-order valence-electron chi connectivity index (χ4n) is 7.60. The summed E-state index contributed by atoms with van der Waals surface area (Å²) in [5, 5.41) is 34.6. The molecule has 224 valence electrons. The molecule has 4 rings (SSSR count). The zero-order valence-corrected chi connectivity index (χ0v) is 25.3. The van der Waals surface area contributed by atoms with E-state index in [9.17, 15) is 29.7 Å². The monoisotopic (exact) mass is 592 g/mol. The van der Waals surface area contributed by atoms with Crippen LogP contribution in [-0.2, 0) is 23.9 Å². The molecule has 2 fully saturated rings. The minimum absolute atomic E-state index is 0.176. The van der Waals surface area contributed by atoms with Crippen LogP contribution in [0.1, 0.15) is 48.0 Å². The van der Waals surface area contributed by atoms with Gasteiger partial charge >= 0.3 is 11.9 Å². The lowest BCUT2D eigenvalue weighted by molar-refractivity contribution is -0.226. The van der Waals surface area contributed by atoms with Gasteiger partial charge in [0.2, 0.25) is 0 Å². The molecule has 0 heterocycles. The first-order chi connectivity index (χ1) is 20.7. The molecule has 4 aliphatic carbocycles. The second-order valence-corrected chi connectivity index (χ2v) is 12.0. The molecule has 0 unspecified atom stereocenters. The van der Waals surface area contributed by atoms with Gasteiger partial charge in [0.15, 0.2) is 11.4 Å². The van der Waals surface area contributed by atoms with Crippen LogP contribution in [-0.4, -0.2) is 62.6 Å². The van der Waals surface area contributed by atoms with E-state index in [1.807, 2.05) is 13.8 Å². The molecular weight excluding hydrogens is 560 g/mol. The van der Waals surface area contributed by atoms with Gasteiger partial charge in [0, 0.05) is 48.4 Å². The molecule has 44 heavy (non-hydrogen) atoms. The van der Waals surface area contributed by atoms with E-state index in [0.717, 1.165) is 0 Å². The molecule has 0 spiro atoms. The van der Waals surface area contributed by atoms with Gasteiger partial charge in [0.05, 0.1) is 12.2 Å². The van der Waals surface area contributed by atoms with Crippen molar-refractivity contribution in [3.05, 3.63) is 23.3 Å². The van der Waals surface area contributed by atoms with E-state index in [1.54, 1.807) is 32.9 Å². The molecule has 8 atom stereocenters. The number of carbonyl (C=O) groups excluding carboxylic acids is 3. The fraction of sp³-hybridized carbons (Fsp3) is 0.472. The van der Waals surface area contributed by atoms with Gasteiger partial charge in [0.25, 0.3) is 0 Å². The van der Waals surface area contributed by atoms with Crippen molar-refractivity contribution in [1.82, 2.24) is 0 Å². The van der Waals surface area contributed by atoms with Crippen molar-refractivity contribution in [1.29, 1.82) is 0 Å². The summed E-state index contributed by atoms with van der Waals surface area (Å²) in [6.07, 6.45) is 1.86. The van der Waals surface area contributed by atoms with Gasteiger partial charge in [-0.1, -0.05) is 38.8 Å². The second kappa shape index (κ2) is 11.8. The van der Waals surface area contributed by atoms with E-state index in [-0.39, 0.29) is 12.0 Å². The normalized spacial score (nSPS) is 34.6. The van der Waals surface area contributed by atoms with Crippen LogP contribution in [0.2, 0.25) is 0 Å². The van der Waals surface area contributed by atoms with E-state index in [4.69, 9.17) is 9.47 Å². The lowest BCUT2D eigenvalue weighted by Gasteiger charge is -2.52. The summed E-state index contributed by atoms with van der Waals surface area (Å²) in [6, 6.07) is 0. The Morgan fingerprint density at radius 3 is 2.09 bits per heavy atom. The maximum absolute atomic E-state index is 13.2. The van der Waals surface area contributed by atoms with E-state index < -0.39 is 76.3 Å². The molecule has 0 aliphatic heterocycles. The fourth-order valence-corrected chi connectivity index (χ4v) is 7.60. The molecule has 0 amide bonds. The largest absolute Gasteiger partial charge is 0.454 e. The van der Waals surface area contributed by atoms with Crippen molar-refractivity contribution < 1.29 is 39.2 Å². The first-order valence-corrected chi connectivity index (χ1v) is 14.0. The summed E-state index contributed by atoms with van der Waals surface area (Å²) < 4.78 is 11.8. The highest BCUT2D eigenvalue weighted by Crippen LogP contribution is 2.77. The van der Waals surface area contributed by atoms with Crippen molar-refractivity contribution in [2.24, 2.45) is 29.1 Å². The highest BCUT2D eigenvalue weighted by Gasteiger charge is 2.87. The number of hydrogen-bond acceptors (Lipinski definition) is 8. The van der Waals surface area contributed by atoms with Gasteiger partial charge in [-0.2, -0.15) is 0 Å². The number of hydrogen-bond donors (Lipinski definition) is 3. The lowest BCUT2D eigenvalue weighted by Crippen LogP contribution is -2.66. The van der Waals surface area contributed by atoms with Crippen LogP contribution in [0.5, 0.6) is 0 Å². The summed E-state index contributed by atoms with van der Waals surface area (Å²) in [5.74, 6) is 24.1. The Labute approximate surface area is 257 Å². The molecule has 0 aromatic carbocycles. The highest BCUT2D eigenvalue weighted by atomic mass is 16.6. The third kappa shape index (κ3) is 4.99. The number of rotatable bonds is 3. The van der Waals surface area contributed by atoms with Gasteiger partial charge in [-0.3, -0.25) is 9.59 Å². The molecule has 4 aliphatic rings. The van der Waals surface area contributed by atoms with E-state index in [0.29, 0.717) is 5.57 Å². The molecule has 0 radical (unpaired) electrons. The Balaban J connectivity index is 1.72. The van der Waals surface area contributed by atoms with Crippen LogP contribution in [0.4, 0.5) is 0 Å². The molecular formula is C36H32O8. The molecule has 8 heteroatoms. The summed E-state index contributed by atoms with van der Waals surface area (Å²) in [6.45, 7) is 9.34. The molecule has 0 aromatic heterocycles. The quantitative estimate of drug-likeness (QED) is 0.192. The minimum Gasteiger partial charge on any atom is -0.454 e. The molecule has 3 N–H and O–H groups in total. The number of carbonyl (C=O) groups is 3. The van der Waals surface area contributed by atoms with Crippen molar-refractivity contribution in [3.63, 3.8) is 0 Å². The number of fused-ring (bicyclic) bond motifs is 5. The number of aliphatic hydroxyl groups is 3. The third-order valence-corrected chi connectivity index (χ3v) is 9.36. The van der Waals surface area contributed by atoms with Gasteiger partial charge in [-0.05, 0) is 84.2 Å². The Bertz CT molecular complexity index is 1760. The number of esters is 2. The van der Waals surface area contributed by atoms with Crippen molar-refractivity contribution in [3.8, 4) is 71.0 Å². The number of ether oxygens (including phenoxy) is 2. The van der Waals surface area contributed by atoms with E-state index in [2.05, 4.69) is 71.0 Å². The summed E-state index contributed by atoms with van der Waals surface area (Å²) in [5.41, 5.74) is -5.34. The molecule has 8 nitrogen and oxygen atoms in total. The zero-order valence-electron chi connectivity index (χ0n) is 25.3. The van der Waals surface area contributed by atoms with Gasteiger partial charge in [-0.15, -0.1) is 0 Å². The molecule has 0 bridgehead atoms. The Kier molecular flexibility index (Phi) is 8.64. The predicted molar refractivity (Wildman–Crippen MR) is 159 cm³/mol. The van der Waals surface area contributed by atoms with E-state index >= 15 is 0 Å². The van der Waals surface area contributed by atoms with Crippen LogP contribution in [0, 0.1) is 100 Å². The first-order valence-electron chi connectivity index (χ1n) is 14.0. The maximum atomic E-state index is 13.2. The lowest BCUT2D eigenvalue weighted by atomic mass is 9.59. The molecule has 0 saturated heterocycles. The van der Waals surface area contributed by atoms with E-state index in [1.165, 1.54) is 6.92 Å². The average Bonchev–Trinajstić information content (AvgIpc) is 3.38. The number of Topliss-reactive ketones (excluding diaryl/α,β-unsaturated/α-hetero) is 1. The SMILES string of the molecule is CC#CC#CC#CC#CC#CC#CC(=O)O[C@@H]1[C@@H](C)[C@@]2(O)[C@@H](C=C(CO)C[C@]3(O)C(=O)C(C)=C[C@@H]23)[C@@H]2C(C)(C)[C@]12OC(C)=O. The average molecular weight is 593 g/mol. The Hall–Kier alpha value is -4.67. The number of aliphatic hydroxyl groups excluding tert-OH is 1.